The lowest BCUT2D eigenvalue weighted by molar-refractivity contribution is -0.138. The van der Waals surface area contributed by atoms with Crippen molar-refractivity contribution in [3.8, 4) is 11.1 Å². The maximum atomic E-state index is 12.6. The molecule has 0 spiro atoms. The van der Waals surface area contributed by atoms with Crippen LogP contribution in [0.4, 0.5) is 0 Å². The zero-order valence-corrected chi connectivity index (χ0v) is 22.8. The first-order chi connectivity index (χ1) is 18.0. The summed E-state index contributed by atoms with van der Waals surface area (Å²) in [5.74, 6) is 5.68. The molecule has 0 aromatic heterocycles. The summed E-state index contributed by atoms with van der Waals surface area (Å²) in [5.41, 5.74) is 14.6. The number of hydrogen-bond acceptors (Lipinski definition) is 6. The van der Waals surface area contributed by atoms with Gasteiger partial charge in [0.15, 0.2) is 0 Å². The Hall–Kier alpha value is -3.85. The molecule has 9 nitrogen and oxygen atoms in total. The van der Waals surface area contributed by atoms with Crippen molar-refractivity contribution >= 4 is 18.2 Å². The predicted molar refractivity (Wildman–Crippen MR) is 151 cm³/mol. The van der Waals surface area contributed by atoms with Gasteiger partial charge < -0.3 is 26.7 Å². The topological polar surface area (TPSA) is 148 Å². The molecule has 3 atom stereocenters. The van der Waals surface area contributed by atoms with Crippen LogP contribution in [0, 0.1) is 5.92 Å². The van der Waals surface area contributed by atoms with Gasteiger partial charge in [0, 0.05) is 30.9 Å². The van der Waals surface area contributed by atoms with E-state index in [2.05, 4.69) is 12.2 Å². The predicted octanol–water partition coefficient (Wildman–Crippen LogP) is 2.51. The molecule has 38 heavy (non-hydrogen) atoms. The first-order valence-electron chi connectivity index (χ1n) is 13.0. The zero-order valence-electron chi connectivity index (χ0n) is 22.8. The fourth-order valence-corrected chi connectivity index (χ4v) is 4.53. The van der Waals surface area contributed by atoms with Crippen LogP contribution in [0.5, 0.6) is 0 Å². The number of nitrogens with two attached hydrogens (primary N) is 3. The standard InChI is InChI=1S/C16H16N2O2.C13H26N4O/c17-16(20)15(18-11-19)10-12-6-8-14(9-7-12)13-4-2-1-3-5-13;1-9(2)12(17(15)8-10(3)14)13(18)16-7-5-6-11(16)4/h1-9,11,15H,10H2,(H2,17,20)(H,18,19);8-9,11-12H,5-7,14-15H2,1-4H3/b;10-8-/t15-;/m1./s1. The molecule has 0 bridgehead atoms. The van der Waals surface area contributed by atoms with Gasteiger partial charge in [0.05, 0.1) is 0 Å². The second kappa shape index (κ2) is 14.8. The van der Waals surface area contributed by atoms with Crippen LogP contribution < -0.4 is 22.6 Å². The minimum atomic E-state index is -0.671. The van der Waals surface area contributed by atoms with Gasteiger partial charge in [-0.3, -0.25) is 14.4 Å². The third-order valence-corrected chi connectivity index (χ3v) is 6.51. The molecule has 2 aromatic carbocycles. The van der Waals surface area contributed by atoms with Crippen LogP contribution in [0.25, 0.3) is 11.1 Å². The molecule has 206 valence electrons. The molecule has 1 aliphatic heterocycles. The van der Waals surface area contributed by atoms with Crippen LogP contribution in [0.1, 0.15) is 46.1 Å². The van der Waals surface area contributed by atoms with Crippen molar-refractivity contribution in [3.05, 3.63) is 72.1 Å². The maximum absolute atomic E-state index is 12.6. The number of allylic oxidation sites excluding steroid dienone is 1. The number of likely N-dealkylation sites (tertiary alicyclic amines) is 1. The number of nitrogens with one attached hydrogen (secondary N) is 1. The van der Waals surface area contributed by atoms with E-state index in [1.807, 2.05) is 73.3 Å². The number of nitrogens with zero attached hydrogens (tertiary/aromatic N) is 2. The Morgan fingerprint density at radius 1 is 1.08 bits per heavy atom. The molecular formula is C29H42N6O3. The second-order valence-corrected chi connectivity index (χ2v) is 10.0. The van der Waals surface area contributed by atoms with Crippen LogP contribution in [-0.4, -0.2) is 52.8 Å². The minimum Gasteiger partial charge on any atom is -0.401 e. The lowest BCUT2D eigenvalue weighted by Gasteiger charge is -2.33. The summed E-state index contributed by atoms with van der Waals surface area (Å²) in [7, 11) is 0. The summed E-state index contributed by atoms with van der Waals surface area (Å²) in [6, 6.07) is 17.2. The van der Waals surface area contributed by atoms with Gasteiger partial charge in [-0.2, -0.15) is 0 Å². The van der Waals surface area contributed by atoms with Crippen molar-refractivity contribution in [2.75, 3.05) is 6.54 Å². The first kappa shape index (κ1) is 30.4. The molecule has 7 N–H and O–H groups in total. The van der Waals surface area contributed by atoms with Crippen LogP contribution in [-0.2, 0) is 20.8 Å². The van der Waals surface area contributed by atoms with E-state index in [-0.39, 0.29) is 17.9 Å². The summed E-state index contributed by atoms with van der Waals surface area (Å²) in [6.45, 7) is 8.70. The van der Waals surface area contributed by atoms with Crippen molar-refractivity contribution < 1.29 is 14.4 Å². The Labute approximate surface area is 226 Å². The average molecular weight is 523 g/mol. The lowest BCUT2D eigenvalue weighted by atomic mass is 10.0. The Kier molecular flexibility index (Phi) is 11.8. The largest absolute Gasteiger partial charge is 0.401 e. The van der Waals surface area contributed by atoms with Gasteiger partial charge in [-0.25, -0.2) is 5.84 Å². The normalized spacial score (nSPS) is 16.7. The second-order valence-electron chi connectivity index (χ2n) is 10.0. The third-order valence-electron chi connectivity index (χ3n) is 6.51. The SMILES string of the molecule is C/C(N)=C/N(N)C(C(=O)N1CCCC1C)C(C)C.NC(=O)[C@@H](Cc1ccc(-c2ccccc2)cc1)NC=O. The summed E-state index contributed by atoms with van der Waals surface area (Å²) in [5, 5.41) is 3.87. The number of carbonyl (C=O) groups is 3. The zero-order chi connectivity index (χ0) is 28.2. The molecule has 2 unspecified atom stereocenters. The number of hydrazine groups is 1. The highest BCUT2D eigenvalue weighted by atomic mass is 16.2. The van der Waals surface area contributed by atoms with E-state index in [4.69, 9.17) is 17.3 Å². The highest BCUT2D eigenvalue weighted by molar-refractivity contribution is 5.83. The molecule has 1 heterocycles. The third kappa shape index (κ3) is 8.92. The van der Waals surface area contributed by atoms with Crippen molar-refractivity contribution in [3.63, 3.8) is 0 Å². The molecule has 9 heteroatoms. The Bertz CT molecular complexity index is 1070. The van der Waals surface area contributed by atoms with E-state index in [0.717, 1.165) is 36.1 Å². The van der Waals surface area contributed by atoms with Crippen LogP contribution in [0.15, 0.2) is 66.5 Å². The molecular weight excluding hydrogens is 480 g/mol. The van der Waals surface area contributed by atoms with E-state index in [1.54, 1.807) is 13.1 Å². The van der Waals surface area contributed by atoms with Crippen molar-refractivity contribution in [2.24, 2.45) is 23.2 Å². The molecule has 1 aliphatic rings. The fraction of sp³-hybridized carbons (Fsp3) is 0.414. The molecule has 3 rings (SSSR count). The molecule has 0 radical (unpaired) electrons. The summed E-state index contributed by atoms with van der Waals surface area (Å²) in [4.78, 5) is 36.1. The highest BCUT2D eigenvalue weighted by Gasteiger charge is 2.34. The van der Waals surface area contributed by atoms with E-state index in [0.29, 0.717) is 24.6 Å². The molecule has 0 saturated carbocycles. The van der Waals surface area contributed by atoms with Gasteiger partial charge in [0.25, 0.3) is 0 Å². The number of benzene rings is 2. The van der Waals surface area contributed by atoms with Crippen LogP contribution >= 0.6 is 0 Å². The minimum absolute atomic E-state index is 0.106. The van der Waals surface area contributed by atoms with Gasteiger partial charge in [-0.05, 0) is 49.3 Å². The number of amides is 3. The molecule has 0 aliphatic carbocycles. The van der Waals surface area contributed by atoms with Crippen LogP contribution in [0.3, 0.4) is 0 Å². The van der Waals surface area contributed by atoms with E-state index < -0.39 is 11.9 Å². The van der Waals surface area contributed by atoms with Crippen molar-refractivity contribution in [1.82, 2.24) is 15.2 Å². The quantitative estimate of drug-likeness (QED) is 0.214. The van der Waals surface area contributed by atoms with Crippen molar-refractivity contribution in [1.29, 1.82) is 0 Å². The van der Waals surface area contributed by atoms with Gasteiger partial charge in [0.1, 0.15) is 12.1 Å². The Morgan fingerprint density at radius 3 is 2.16 bits per heavy atom. The molecule has 2 aromatic rings. The number of carbonyl (C=O) groups excluding carboxylic acids is 3. The number of primary amides is 1. The van der Waals surface area contributed by atoms with Crippen LogP contribution in [0.2, 0.25) is 0 Å². The maximum Gasteiger partial charge on any atom is 0.247 e. The van der Waals surface area contributed by atoms with E-state index >= 15 is 0 Å². The number of hydrogen-bond donors (Lipinski definition) is 4. The monoisotopic (exact) mass is 522 g/mol. The van der Waals surface area contributed by atoms with Gasteiger partial charge in [-0.15, -0.1) is 0 Å². The lowest BCUT2D eigenvalue weighted by Crippen LogP contribution is -2.53. The molecule has 3 amide bonds. The Morgan fingerprint density at radius 2 is 1.68 bits per heavy atom. The smallest absolute Gasteiger partial charge is 0.247 e. The van der Waals surface area contributed by atoms with Crippen molar-refractivity contribution in [2.45, 2.75) is 65.1 Å². The average Bonchev–Trinajstić information content (AvgIpc) is 3.30. The summed E-state index contributed by atoms with van der Waals surface area (Å²) >= 11 is 0. The first-order valence-corrected chi connectivity index (χ1v) is 13.0. The molecule has 1 fully saturated rings. The number of rotatable bonds is 10. The van der Waals surface area contributed by atoms with Gasteiger partial charge in [-0.1, -0.05) is 68.4 Å². The molecule has 1 saturated heterocycles. The van der Waals surface area contributed by atoms with E-state index in [1.165, 1.54) is 5.01 Å². The van der Waals surface area contributed by atoms with E-state index in [9.17, 15) is 14.4 Å². The Balaban J connectivity index is 0.000000269. The fourth-order valence-electron chi connectivity index (χ4n) is 4.53. The summed E-state index contributed by atoms with van der Waals surface area (Å²) < 4.78 is 0. The van der Waals surface area contributed by atoms with Gasteiger partial charge in [0.2, 0.25) is 18.2 Å². The summed E-state index contributed by atoms with van der Waals surface area (Å²) in [6.07, 6.45) is 4.67. The highest BCUT2D eigenvalue weighted by Crippen LogP contribution is 2.22. The van der Waals surface area contributed by atoms with Gasteiger partial charge >= 0.3 is 0 Å².